The van der Waals surface area contributed by atoms with Crippen molar-refractivity contribution in [2.24, 2.45) is 0 Å². The fraction of sp³-hybridized carbons (Fsp3) is 0.0714. The molecule has 0 bridgehead atoms. The normalized spacial score (nSPS) is 12.1. The number of para-hydroxylation sites is 2. The molecule has 4 aromatic rings. The fourth-order valence-corrected chi connectivity index (χ4v) is 4.22. The summed E-state index contributed by atoms with van der Waals surface area (Å²) in [6, 6.07) is 32.6. The number of hydrogen-bond donors (Lipinski definition) is 4. The minimum Gasteiger partial charge on any atom is -0.375 e. The molecule has 2 unspecified atom stereocenters. The van der Waals surface area contributed by atoms with E-state index < -0.39 is 0 Å². The van der Waals surface area contributed by atoms with Gasteiger partial charge >= 0.3 is 0 Å². The number of nitrogens with one attached hydrogen (secondary N) is 2. The molecule has 4 aromatic carbocycles. The second-order valence-corrected chi connectivity index (χ2v) is 8.68. The molecule has 0 aliphatic heterocycles. The summed E-state index contributed by atoms with van der Waals surface area (Å²) in [5, 5.41) is 16.6. The third-order valence-corrected chi connectivity index (χ3v) is 6.32. The third kappa shape index (κ3) is 5.38. The largest absolute Gasteiger partial charge is 0.375 e. The Balaban J connectivity index is 1.84. The Morgan fingerprint density at radius 2 is 1.12 bits per heavy atom. The highest BCUT2D eigenvalue weighted by atomic mass is 32.1. The van der Waals surface area contributed by atoms with E-state index in [0.717, 1.165) is 32.3 Å². The summed E-state index contributed by atoms with van der Waals surface area (Å²) in [6.07, 6.45) is 0. The summed E-state index contributed by atoms with van der Waals surface area (Å²) in [7, 11) is 0. The molecule has 2 N–H and O–H groups in total. The molecule has 0 saturated heterocycles. The molecule has 4 nitrogen and oxygen atoms in total. The molecule has 6 heteroatoms. The SMILES string of the molecule is [C-]#[N+]c1ccc(C(Nc2ccccc2S)C(Nc2ccccc2S)c2ccc(C#N)cc2)cc1. The van der Waals surface area contributed by atoms with Crippen molar-refractivity contribution in [3.8, 4) is 6.07 Å². The van der Waals surface area contributed by atoms with Crippen LogP contribution in [0.25, 0.3) is 4.85 Å². The summed E-state index contributed by atoms with van der Waals surface area (Å²) in [6.45, 7) is 7.31. The predicted molar refractivity (Wildman–Crippen MR) is 144 cm³/mol. The van der Waals surface area contributed by atoms with Gasteiger partial charge in [0, 0.05) is 21.2 Å². The predicted octanol–water partition coefficient (Wildman–Crippen LogP) is 7.69. The van der Waals surface area contributed by atoms with Gasteiger partial charge in [-0.25, -0.2) is 4.85 Å². The molecule has 0 heterocycles. The van der Waals surface area contributed by atoms with E-state index in [1.54, 1.807) is 0 Å². The first-order chi connectivity index (χ1) is 16.6. The van der Waals surface area contributed by atoms with Gasteiger partial charge in [-0.3, -0.25) is 0 Å². The lowest BCUT2D eigenvalue weighted by molar-refractivity contribution is 0.647. The number of thiol groups is 2. The Hall–Kier alpha value is -3.84. The maximum absolute atomic E-state index is 9.28. The number of anilines is 2. The summed E-state index contributed by atoms with van der Waals surface area (Å²) >= 11 is 9.29. The molecule has 166 valence electrons. The van der Waals surface area contributed by atoms with E-state index in [-0.39, 0.29) is 12.1 Å². The smallest absolute Gasteiger partial charge is 0.187 e. The van der Waals surface area contributed by atoms with Gasteiger partial charge in [0.1, 0.15) is 0 Å². The highest BCUT2D eigenvalue weighted by Crippen LogP contribution is 2.38. The van der Waals surface area contributed by atoms with E-state index in [1.807, 2.05) is 97.1 Å². The quantitative estimate of drug-likeness (QED) is 0.163. The number of hydrogen-bond acceptors (Lipinski definition) is 5. The van der Waals surface area contributed by atoms with Gasteiger partial charge in [0.25, 0.3) is 0 Å². The van der Waals surface area contributed by atoms with Gasteiger partial charge in [0.15, 0.2) is 5.69 Å². The van der Waals surface area contributed by atoms with Gasteiger partial charge in [-0.1, -0.05) is 60.7 Å². The van der Waals surface area contributed by atoms with E-state index in [4.69, 9.17) is 6.57 Å². The van der Waals surface area contributed by atoms with Crippen molar-refractivity contribution in [3.05, 3.63) is 125 Å². The van der Waals surface area contributed by atoms with Gasteiger partial charge in [-0.05, 0) is 47.5 Å². The standard InChI is InChI=1S/C28H22N4S2/c1-30-22-16-14-21(15-17-22)28(32-24-7-3-5-9-26(24)34)27(20-12-10-19(18-29)11-13-20)31-23-6-2-4-8-25(23)33/h2-17,27-28,31-34H. The van der Waals surface area contributed by atoms with Crippen LogP contribution in [0, 0.1) is 17.9 Å². The van der Waals surface area contributed by atoms with Crippen LogP contribution in [0.2, 0.25) is 0 Å². The van der Waals surface area contributed by atoms with Crippen molar-refractivity contribution < 1.29 is 0 Å². The van der Waals surface area contributed by atoms with Crippen LogP contribution in [0.15, 0.2) is 107 Å². The highest BCUT2D eigenvalue weighted by molar-refractivity contribution is 7.80. The molecule has 34 heavy (non-hydrogen) atoms. The average Bonchev–Trinajstić information content (AvgIpc) is 2.88. The maximum atomic E-state index is 9.28. The van der Waals surface area contributed by atoms with Gasteiger partial charge in [0.05, 0.1) is 30.3 Å². The van der Waals surface area contributed by atoms with Crippen LogP contribution in [-0.2, 0) is 0 Å². The van der Waals surface area contributed by atoms with E-state index in [0.29, 0.717) is 11.3 Å². The van der Waals surface area contributed by atoms with E-state index in [9.17, 15) is 5.26 Å². The number of rotatable bonds is 7. The van der Waals surface area contributed by atoms with Gasteiger partial charge in [0.2, 0.25) is 0 Å². The van der Waals surface area contributed by atoms with Crippen molar-refractivity contribution >= 4 is 42.3 Å². The van der Waals surface area contributed by atoms with Gasteiger partial charge in [-0.15, -0.1) is 25.3 Å². The van der Waals surface area contributed by atoms with Crippen LogP contribution in [-0.4, -0.2) is 0 Å². The molecular formula is C28H22N4S2. The molecule has 0 spiro atoms. The second-order valence-electron chi connectivity index (χ2n) is 7.72. The first kappa shape index (κ1) is 23.3. The van der Waals surface area contributed by atoms with E-state index in [2.05, 4.69) is 46.8 Å². The van der Waals surface area contributed by atoms with Crippen LogP contribution in [0.5, 0.6) is 0 Å². The van der Waals surface area contributed by atoms with Crippen molar-refractivity contribution in [1.29, 1.82) is 5.26 Å². The zero-order valence-corrected chi connectivity index (χ0v) is 20.0. The molecule has 4 rings (SSSR count). The van der Waals surface area contributed by atoms with Crippen LogP contribution < -0.4 is 10.6 Å². The molecule has 0 aliphatic carbocycles. The molecule has 2 atom stereocenters. The zero-order valence-electron chi connectivity index (χ0n) is 18.2. The minimum absolute atomic E-state index is 0.228. The molecule has 0 amide bonds. The first-order valence-corrected chi connectivity index (χ1v) is 11.5. The Morgan fingerprint density at radius 3 is 1.53 bits per heavy atom. The maximum Gasteiger partial charge on any atom is 0.187 e. The first-order valence-electron chi connectivity index (χ1n) is 10.7. The molecule has 0 saturated carbocycles. The molecule has 0 aromatic heterocycles. The van der Waals surface area contributed by atoms with Crippen LogP contribution in [0.1, 0.15) is 28.8 Å². The Kier molecular flexibility index (Phi) is 7.44. The molecule has 0 radical (unpaired) electrons. The van der Waals surface area contributed by atoms with Crippen LogP contribution in [0.3, 0.4) is 0 Å². The highest BCUT2D eigenvalue weighted by Gasteiger charge is 2.26. The minimum atomic E-state index is -0.229. The lowest BCUT2D eigenvalue weighted by atomic mass is 9.92. The van der Waals surface area contributed by atoms with Crippen molar-refractivity contribution in [2.45, 2.75) is 21.9 Å². The summed E-state index contributed by atoms with van der Waals surface area (Å²) in [4.78, 5) is 5.19. The monoisotopic (exact) mass is 478 g/mol. The Labute approximate surface area is 210 Å². The summed E-state index contributed by atoms with van der Waals surface area (Å²) in [5.41, 5.74) is 4.97. The van der Waals surface area contributed by atoms with Gasteiger partial charge < -0.3 is 10.6 Å². The topological polar surface area (TPSA) is 52.2 Å². The van der Waals surface area contributed by atoms with Crippen LogP contribution >= 0.6 is 25.3 Å². The number of benzene rings is 4. The van der Waals surface area contributed by atoms with Crippen molar-refractivity contribution in [3.63, 3.8) is 0 Å². The lowest BCUT2D eigenvalue weighted by Crippen LogP contribution is -2.26. The summed E-state index contributed by atoms with van der Waals surface area (Å²) in [5.74, 6) is 0. The van der Waals surface area contributed by atoms with Gasteiger partial charge in [-0.2, -0.15) is 5.26 Å². The van der Waals surface area contributed by atoms with Crippen LogP contribution in [0.4, 0.5) is 17.1 Å². The summed E-state index contributed by atoms with van der Waals surface area (Å²) < 4.78 is 0. The van der Waals surface area contributed by atoms with Crippen molar-refractivity contribution in [1.82, 2.24) is 0 Å². The fourth-order valence-electron chi connectivity index (χ4n) is 3.77. The second kappa shape index (κ2) is 10.9. The zero-order chi connectivity index (χ0) is 23.9. The number of nitriles is 1. The lowest BCUT2D eigenvalue weighted by Gasteiger charge is -2.32. The van der Waals surface area contributed by atoms with E-state index >= 15 is 0 Å². The van der Waals surface area contributed by atoms with Crippen molar-refractivity contribution in [2.75, 3.05) is 10.6 Å². The third-order valence-electron chi connectivity index (χ3n) is 5.54. The van der Waals surface area contributed by atoms with E-state index in [1.165, 1.54) is 0 Å². The molecule has 0 fully saturated rings. The average molecular weight is 479 g/mol. The molecule has 0 aliphatic rings. The Bertz CT molecular complexity index is 1250. The number of nitrogens with zero attached hydrogens (tertiary/aromatic N) is 2. The Morgan fingerprint density at radius 1 is 0.676 bits per heavy atom. The molecular weight excluding hydrogens is 456 g/mol.